The van der Waals surface area contributed by atoms with Crippen molar-refractivity contribution in [2.24, 2.45) is 7.05 Å². The number of para-hydroxylation sites is 1. The van der Waals surface area contributed by atoms with Crippen LogP contribution >= 0.6 is 0 Å². The van der Waals surface area contributed by atoms with Gasteiger partial charge in [0.2, 0.25) is 0 Å². The third kappa shape index (κ3) is 3.17. The lowest BCUT2D eigenvalue weighted by Gasteiger charge is -2.26. The molecule has 0 radical (unpaired) electrons. The fraction of sp³-hybridized carbons (Fsp3) is 0.500. The zero-order valence-corrected chi connectivity index (χ0v) is 14.2. The van der Waals surface area contributed by atoms with Gasteiger partial charge in [0.05, 0.1) is 5.69 Å². The predicted molar refractivity (Wildman–Crippen MR) is 90.0 cm³/mol. The van der Waals surface area contributed by atoms with E-state index in [2.05, 4.69) is 38.1 Å². The summed E-state index contributed by atoms with van der Waals surface area (Å²) < 4.78 is 1.94. The van der Waals surface area contributed by atoms with Crippen LogP contribution in [0.15, 0.2) is 24.3 Å². The van der Waals surface area contributed by atoms with E-state index in [1.807, 2.05) is 29.9 Å². The van der Waals surface area contributed by atoms with Crippen LogP contribution in [-0.2, 0) is 7.05 Å². The average Bonchev–Trinajstić information content (AvgIpc) is 2.75. The fourth-order valence-electron chi connectivity index (χ4n) is 3.15. The Morgan fingerprint density at radius 1 is 1.14 bits per heavy atom. The van der Waals surface area contributed by atoms with Crippen molar-refractivity contribution in [2.45, 2.75) is 52.6 Å². The molecule has 4 heteroatoms. The smallest absolute Gasteiger partial charge is 0.120 e. The average molecular weight is 301 g/mol. The van der Waals surface area contributed by atoms with Crippen LogP contribution in [0.3, 0.4) is 0 Å². The van der Waals surface area contributed by atoms with E-state index < -0.39 is 0 Å². The second kappa shape index (κ2) is 6.97. The molecular formula is C18H27N3O. The number of aromatic hydroxyl groups is 1. The Labute approximate surface area is 133 Å². The Balaban J connectivity index is 2.30. The van der Waals surface area contributed by atoms with E-state index in [9.17, 15) is 5.11 Å². The molecule has 0 amide bonds. The predicted octanol–water partition coefficient (Wildman–Crippen LogP) is 3.93. The number of phenols is 1. The Morgan fingerprint density at radius 2 is 1.77 bits per heavy atom. The lowest BCUT2D eigenvalue weighted by atomic mass is 9.97. The van der Waals surface area contributed by atoms with Crippen molar-refractivity contribution < 1.29 is 5.11 Å². The molecule has 2 rings (SSSR count). The Hall–Kier alpha value is -1.81. The quantitative estimate of drug-likeness (QED) is 0.850. The first-order valence-corrected chi connectivity index (χ1v) is 8.03. The monoisotopic (exact) mass is 301 g/mol. The number of aryl methyl sites for hydroxylation is 2. The molecule has 0 spiro atoms. The number of hydrogen-bond donors (Lipinski definition) is 2. The molecule has 0 saturated carbocycles. The summed E-state index contributed by atoms with van der Waals surface area (Å²) in [6.07, 6.45) is 1.91. The van der Waals surface area contributed by atoms with Gasteiger partial charge < -0.3 is 10.4 Å². The lowest BCUT2D eigenvalue weighted by Crippen LogP contribution is -2.26. The molecule has 0 unspecified atom stereocenters. The standard InChI is InChI=1S/C18H27N3O/c1-6-15(14-10-8-9-11-17(14)22)19-16(7-2)18-12(3)20-21(5)13(18)4/h8-11,15-16,19,22H,6-7H2,1-5H3/t15-,16+/m1/s1. The molecule has 4 nitrogen and oxygen atoms in total. The van der Waals surface area contributed by atoms with E-state index in [1.54, 1.807) is 6.07 Å². The highest BCUT2D eigenvalue weighted by molar-refractivity contribution is 5.35. The minimum Gasteiger partial charge on any atom is -0.508 e. The zero-order chi connectivity index (χ0) is 16.3. The van der Waals surface area contributed by atoms with Gasteiger partial charge in [0.15, 0.2) is 0 Å². The third-order valence-electron chi connectivity index (χ3n) is 4.44. The van der Waals surface area contributed by atoms with Crippen LogP contribution in [0, 0.1) is 13.8 Å². The summed E-state index contributed by atoms with van der Waals surface area (Å²) in [6, 6.07) is 7.94. The minimum absolute atomic E-state index is 0.130. The minimum atomic E-state index is 0.130. The molecule has 0 bridgehead atoms. The van der Waals surface area contributed by atoms with Gasteiger partial charge in [-0.05, 0) is 32.8 Å². The fourth-order valence-corrected chi connectivity index (χ4v) is 3.15. The van der Waals surface area contributed by atoms with Crippen molar-refractivity contribution >= 4 is 0 Å². The van der Waals surface area contributed by atoms with E-state index in [1.165, 1.54) is 11.3 Å². The van der Waals surface area contributed by atoms with Crippen molar-refractivity contribution in [3.05, 3.63) is 46.8 Å². The van der Waals surface area contributed by atoms with E-state index in [-0.39, 0.29) is 12.1 Å². The van der Waals surface area contributed by atoms with Crippen molar-refractivity contribution in [1.29, 1.82) is 0 Å². The van der Waals surface area contributed by atoms with Crippen molar-refractivity contribution in [3.63, 3.8) is 0 Å². The van der Waals surface area contributed by atoms with Gasteiger partial charge in [-0.25, -0.2) is 0 Å². The molecule has 2 aromatic rings. The molecule has 1 aromatic heterocycles. The molecule has 2 N–H and O–H groups in total. The molecule has 0 fully saturated rings. The summed E-state index contributed by atoms with van der Waals surface area (Å²) >= 11 is 0. The maximum absolute atomic E-state index is 10.1. The number of rotatable bonds is 6. The second-order valence-electron chi connectivity index (χ2n) is 5.86. The number of aromatic nitrogens is 2. The first-order valence-electron chi connectivity index (χ1n) is 8.03. The third-order valence-corrected chi connectivity index (χ3v) is 4.44. The Kier molecular flexibility index (Phi) is 5.24. The van der Waals surface area contributed by atoms with Crippen molar-refractivity contribution in [2.75, 3.05) is 0 Å². The van der Waals surface area contributed by atoms with Crippen molar-refractivity contribution in [1.82, 2.24) is 15.1 Å². The van der Waals surface area contributed by atoms with Gasteiger partial charge in [-0.3, -0.25) is 4.68 Å². The van der Waals surface area contributed by atoms with E-state index >= 15 is 0 Å². The van der Waals surface area contributed by atoms with Crippen LogP contribution in [0.1, 0.15) is 61.3 Å². The number of benzene rings is 1. The van der Waals surface area contributed by atoms with Crippen LogP contribution in [0.25, 0.3) is 0 Å². The normalized spacial score (nSPS) is 14.0. The number of nitrogens with zero attached hydrogens (tertiary/aromatic N) is 2. The summed E-state index contributed by atoms with van der Waals surface area (Å²) in [5.41, 5.74) is 4.51. The summed E-state index contributed by atoms with van der Waals surface area (Å²) in [7, 11) is 1.99. The molecule has 0 saturated heterocycles. The van der Waals surface area contributed by atoms with Gasteiger partial charge >= 0.3 is 0 Å². The Morgan fingerprint density at radius 3 is 2.27 bits per heavy atom. The number of phenolic OH excluding ortho intramolecular Hbond substituents is 1. The first kappa shape index (κ1) is 16.6. The highest BCUT2D eigenvalue weighted by atomic mass is 16.3. The van der Waals surface area contributed by atoms with Crippen LogP contribution < -0.4 is 5.32 Å². The highest BCUT2D eigenvalue weighted by Crippen LogP contribution is 2.31. The van der Waals surface area contributed by atoms with Gasteiger partial charge in [0.25, 0.3) is 0 Å². The van der Waals surface area contributed by atoms with Gasteiger partial charge in [0, 0.05) is 36.0 Å². The van der Waals surface area contributed by atoms with E-state index in [0.717, 1.165) is 24.1 Å². The van der Waals surface area contributed by atoms with Gasteiger partial charge in [-0.1, -0.05) is 32.0 Å². The summed E-state index contributed by atoms with van der Waals surface area (Å²) in [5, 5.41) is 18.4. The molecule has 2 atom stereocenters. The second-order valence-corrected chi connectivity index (χ2v) is 5.86. The summed E-state index contributed by atoms with van der Waals surface area (Å²) in [4.78, 5) is 0. The first-order chi connectivity index (χ1) is 10.5. The molecule has 1 heterocycles. The lowest BCUT2D eigenvalue weighted by molar-refractivity contribution is 0.401. The molecule has 0 aliphatic rings. The number of nitrogens with one attached hydrogen (secondary N) is 1. The molecule has 0 aliphatic heterocycles. The maximum atomic E-state index is 10.1. The van der Waals surface area contributed by atoms with Crippen molar-refractivity contribution in [3.8, 4) is 5.75 Å². The molecule has 1 aromatic carbocycles. The number of hydrogen-bond acceptors (Lipinski definition) is 3. The highest BCUT2D eigenvalue weighted by Gasteiger charge is 2.23. The SMILES string of the molecule is CC[C@H](N[C@H](CC)c1ccccc1O)c1c(C)nn(C)c1C. The van der Waals surface area contributed by atoms with E-state index in [4.69, 9.17) is 0 Å². The summed E-state index contributed by atoms with van der Waals surface area (Å²) in [5.74, 6) is 0.358. The van der Waals surface area contributed by atoms with Gasteiger partial charge in [-0.15, -0.1) is 0 Å². The van der Waals surface area contributed by atoms with Crippen LogP contribution in [0.5, 0.6) is 5.75 Å². The van der Waals surface area contributed by atoms with Gasteiger partial charge in [0.1, 0.15) is 5.75 Å². The zero-order valence-electron chi connectivity index (χ0n) is 14.2. The molecule has 120 valence electrons. The van der Waals surface area contributed by atoms with Crippen LogP contribution in [0.2, 0.25) is 0 Å². The molecular weight excluding hydrogens is 274 g/mol. The van der Waals surface area contributed by atoms with E-state index in [0.29, 0.717) is 5.75 Å². The molecule has 22 heavy (non-hydrogen) atoms. The van der Waals surface area contributed by atoms with Gasteiger partial charge in [-0.2, -0.15) is 5.10 Å². The maximum Gasteiger partial charge on any atom is 0.120 e. The van der Waals surface area contributed by atoms with Crippen LogP contribution in [0.4, 0.5) is 0 Å². The summed E-state index contributed by atoms with van der Waals surface area (Å²) in [6.45, 7) is 8.50. The largest absolute Gasteiger partial charge is 0.508 e. The Bertz CT molecular complexity index is 633. The molecule has 0 aliphatic carbocycles. The van der Waals surface area contributed by atoms with Crippen LogP contribution in [-0.4, -0.2) is 14.9 Å². The topological polar surface area (TPSA) is 50.1 Å².